The van der Waals surface area contributed by atoms with Crippen LogP contribution in [0.25, 0.3) is 0 Å². The molecule has 0 saturated carbocycles. The van der Waals surface area contributed by atoms with Crippen molar-refractivity contribution < 1.29 is 4.39 Å². The van der Waals surface area contributed by atoms with Crippen molar-refractivity contribution in [3.63, 3.8) is 0 Å². The Morgan fingerprint density at radius 1 is 1.40 bits per heavy atom. The van der Waals surface area contributed by atoms with E-state index < -0.39 is 0 Å². The van der Waals surface area contributed by atoms with Crippen LogP contribution in [0.5, 0.6) is 0 Å². The van der Waals surface area contributed by atoms with Gasteiger partial charge in [-0.1, -0.05) is 6.07 Å². The summed E-state index contributed by atoms with van der Waals surface area (Å²) in [7, 11) is 0. The van der Waals surface area contributed by atoms with Crippen molar-refractivity contribution in [2.45, 2.75) is 25.8 Å². The second kappa shape index (κ2) is 6.77. The molecule has 0 unspecified atom stereocenters. The Morgan fingerprint density at radius 3 is 2.67 bits per heavy atom. The van der Waals surface area contributed by atoms with Gasteiger partial charge in [0.25, 0.3) is 0 Å². The molecule has 0 spiro atoms. The Hall–Kier alpha value is -0.640. The molecule has 0 saturated heterocycles. The van der Waals surface area contributed by atoms with Crippen LogP contribution in [0.3, 0.4) is 0 Å². The summed E-state index contributed by atoms with van der Waals surface area (Å²) in [4.78, 5) is 0. The molecule has 2 nitrogen and oxygen atoms in total. The fourth-order valence-corrected chi connectivity index (χ4v) is 1.50. The van der Waals surface area contributed by atoms with E-state index in [0.717, 1.165) is 24.0 Å². The van der Waals surface area contributed by atoms with Crippen molar-refractivity contribution in [2.75, 3.05) is 6.54 Å². The quantitative estimate of drug-likeness (QED) is 0.837. The summed E-state index contributed by atoms with van der Waals surface area (Å²) in [6, 6.07) is 4.62. The van der Waals surface area contributed by atoms with Gasteiger partial charge in [-0.25, -0.2) is 4.39 Å². The molecule has 0 amide bonds. The first-order chi connectivity index (χ1) is 6.65. The topological polar surface area (TPSA) is 52.0 Å². The van der Waals surface area contributed by atoms with Gasteiger partial charge in [0.1, 0.15) is 5.82 Å². The number of nitrogens with two attached hydrogens (primary N) is 2. The zero-order chi connectivity index (χ0) is 10.6. The van der Waals surface area contributed by atoms with Crippen LogP contribution >= 0.6 is 12.4 Å². The van der Waals surface area contributed by atoms with Crippen LogP contribution in [0.1, 0.15) is 30.0 Å². The number of halogens is 2. The molecule has 0 radical (unpaired) electrons. The lowest BCUT2D eigenvalue weighted by atomic mass is 9.98. The minimum atomic E-state index is -0.228. The molecule has 86 valence electrons. The second-order valence-corrected chi connectivity index (χ2v) is 3.54. The summed E-state index contributed by atoms with van der Waals surface area (Å²) >= 11 is 0. The Balaban J connectivity index is 0.00000196. The molecule has 4 heteroatoms. The first-order valence-electron chi connectivity index (χ1n) is 4.87. The third kappa shape index (κ3) is 4.16. The van der Waals surface area contributed by atoms with Crippen molar-refractivity contribution in [1.29, 1.82) is 0 Å². The Morgan fingerprint density at radius 2 is 2.07 bits per heavy atom. The molecule has 0 aliphatic rings. The number of hydrogen-bond acceptors (Lipinski definition) is 2. The number of benzene rings is 1. The van der Waals surface area contributed by atoms with Gasteiger partial charge in [0.05, 0.1) is 0 Å². The zero-order valence-corrected chi connectivity index (χ0v) is 9.69. The molecule has 0 fully saturated rings. The van der Waals surface area contributed by atoms with E-state index >= 15 is 0 Å². The highest BCUT2D eigenvalue weighted by atomic mass is 35.5. The molecule has 0 aliphatic carbocycles. The predicted octanol–water partition coefficient (Wildman–Crippen LogP) is 2.29. The van der Waals surface area contributed by atoms with Gasteiger partial charge in [-0.15, -0.1) is 12.4 Å². The Bertz CT molecular complexity index is 305. The Labute approximate surface area is 96.3 Å². The molecule has 1 rings (SSSR count). The largest absolute Gasteiger partial charge is 0.330 e. The fraction of sp³-hybridized carbons (Fsp3) is 0.455. The van der Waals surface area contributed by atoms with Gasteiger partial charge in [-0.2, -0.15) is 0 Å². The van der Waals surface area contributed by atoms with Gasteiger partial charge in [0.2, 0.25) is 0 Å². The molecule has 1 aromatic rings. The molecular weight excluding hydrogens is 215 g/mol. The minimum Gasteiger partial charge on any atom is -0.330 e. The van der Waals surface area contributed by atoms with Crippen LogP contribution in [0.2, 0.25) is 0 Å². The van der Waals surface area contributed by atoms with E-state index in [9.17, 15) is 4.39 Å². The first kappa shape index (κ1) is 14.4. The maximum absolute atomic E-state index is 12.9. The third-order valence-electron chi connectivity index (χ3n) is 2.36. The summed E-state index contributed by atoms with van der Waals surface area (Å²) in [5.74, 6) is -0.228. The molecule has 0 aliphatic heterocycles. The molecule has 0 bridgehead atoms. The number of rotatable bonds is 4. The molecule has 0 aromatic heterocycles. The van der Waals surface area contributed by atoms with Gasteiger partial charge in [-0.05, 0) is 49.6 Å². The highest BCUT2D eigenvalue weighted by molar-refractivity contribution is 5.85. The fourth-order valence-electron chi connectivity index (χ4n) is 1.50. The van der Waals surface area contributed by atoms with Crippen LogP contribution < -0.4 is 11.5 Å². The van der Waals surface area contributed by atoms with E-state index in [1.165, 1.54) is 12.1 Å². The summed E-state index contributed by atoms with van der Waals surface area (Å²) in [6.07, 6.45) is 1.68. The van der Waals surface area contributed by atoms with E-state index in [0.29, 0.717) is 6.54 Å². The molecule has 1 aromatic carbocycles. The van der Waals surface area contributed by atoms with Crippen molar-refractivity contribution in [3.05, 3.63) is 35.1 Å². The van der Waals surface area contributed by atoms with Gasteiger partial charge < -0.3 is 11.5 Å². The van der Waals surface area contributed by atoms with E-state index in [2.05, 4.69) is 0 Å². The number of hydrogen-bond donors (Lipinski definition) is 2. The van der Waals surface area contributed by atoms with Gasteiger partial charge >= 0.3 is 0 Å². The highest BCUT2D eigenvalue weighted by Gasteiger charge is 2.09. The predicted molar refractivity (Wildman–Crippen MR) is 63.6 cm³/mol. The van der Waals surface area contributed by atoms with Crippen molar-refractivity contribution in [3.8, 4) is 0 Å². The van der Waals surface area contributed by atoms with Crippen LogP contribution in [-0.2, 0) is 0 Å². The summed E-state index contributed by atoms with van der Waals surface area (Å²) in [6.45, 7) is 2.57. The Kier molecular flexibility index (Phi) is 6.48. The zero-order valence-electron chi connectivity index (χ0n) is 8.87. The average Bonchev–Trinajstić information content (AvgIpc) is 2.18. The van der Waals surface area contributed by atoms with Crippen LogP contribution in [0.4, 0.5) is 4.39 Å². The standard InChI is InChI=1S/C11H17FN2.ClH/c1-8-4-5-9(12)7-10(8)11(14)3-2-6-13;/h4-5,7,11H,2-3,6,13-14H2,1H3;1H/t11-;/m1./s1. The molecule has 4 N–H and O–H groups in total. The maximum Gasteiger partial charge on any atom is 0.123 e. The lowest BCUT2D eigenvalue weighted by Crippen LogP contribution is -2.14. The first-order valence-corrected chi connectivity index (χ1v) is 4.87. The second-order valence-electron chi connectivity index (χ2n) is 3.54. The van der Waals surface area contributed by atoms with E-state index in [1.807, 2.05) is 6.92 Å². The van der Waals surface area contributed by atoms with E-state index in [4.69, 9.17) is 11.5 Å². The summed E-state index contributed by atoms with van der Waals surface area (Å²) in [5, 5.41) is 0. The van der Waals surface area contributed by atoms with Gasteiger partial charge in [-0.3, -0.25) is 0 Å². The summed E-state index contributed by atoms with van der Waals surface area (Å²) in [5.41, 5.74) is 13.2. The van der Waals surface area contributed by atoms with E-state index in [1.54, 1.807) is 6.07 Å². The monoisotopic (exact) mass is 232 g/mol. The lowest BCUT2D eigenvalue weighted by Gasteiger charge is -2.14. The van der Waals surface area contributed by atoms with Crippen molar-refractivity contribution in [2.24, 2.45) is 11.5 Å². The van der Waals surface area contributed by atoms with Crippen molar-refractivity contribution in [1.82, 2.24) is 0 Å². The van der Waals surface area contributed by atoms with Crippen molar-refractivity contribution >= 4 is 12.4 Å². The molecule has 0 heterocycles. The van der Waals surface area contributed by atoms with Crippen LogP contribution in [-0.4, -0.2) is 6.54 Å². The maximum atomic E-state index is 12.9. The minimum absolute atomic E-state index is 0. The third-order valence-corrected chi connectivity index (χ3v) is 2.36. The smallest absolute Gasteiger partial charge is 0.123 e. The van der Waals surface area contributed by atoms with E-state index in [-0.39, 0.29) is 24.3 Å². The van der Waals surface area contributed by atoms with Crippen LogP contribution in [0.15, 0.2) is 18.2 Å². The lowest BCUT2D eigenvalue weighted by molar-refractivity contribution is 0.594. The molecule has 15 heavy (non-hydrogen) atoms. The molecular formula is C11H18ClFN2. The van der Waals surface area contributed by atoms with Gasteiger partial charge in [0, 0.05) is 6.04 Å². The van der Waals surface area contributed by atoms with Gasteiger partial charge in [0.15, 0.2) is 0 Å². The number of aryl methyl sites for hydroxylation is 1. The normalized spacial score (nSPS) is 12.0. The molecule has 1 atom stereocenters. The SMILES string of the molecule is Cc1ccc(F)cc1[C@H](N)CCCN.Cl. The summed E-state index contributed by atoms with van der Waals surface area (Å²) < 4.78 is 12.9. The highest BCUT2D eigenvalue weighted by Crippen LogP contribution is 2.20. The average molecular weight is 233 g/mol. The van der Waals surface area contributed by atoms with Crippen LogP contribution in [0, 0.1) is 12.7 Å².